The molecule has 0 saturated carbocycles. The van der Waals surface area contributed by atoms with Gasteiger partial charge in [-0.25, -0.2) is 0 Å². The van der Waals surface area contributed by atoms with Crippen LogP contribution < -0.4 is 15.4 Å². The van der Waals surface area contributed by atoms with E-state index in [4.69, 9.17) is 4.74 Å². The summed E-state index contributed by atoms with van der Waals surface area (Å²) in [6, 6.07) is 13.6. The number of carbonyl (C=O) groups excluding carboxylic acids is 1. The first-order valence-corrected chi connectivity index (χ1v) is 6.83. The van der Waals surface area contributed by atoms with Crippen LogP contribution in [0.1, 0.15) is 11.1 Å². The number of hydrogen-bond donors (Lipinski definition) is 2. The summed E-state index contributed by atoms with van der Waals surface area (Å²) in [6.45, 7) is 4.21. The lowest BCUT2D eigenvalue weighted by molar-refractivity contribution is -0.114. The van der Waals surface area contributed by atoms with Crippen LogP contribution in [0.5, 0.6) is 5.75 Å². The van der Waals surface area contributed by atoms with Gasteiger partial charge >= 0.3 is 0 Å². The molecule has 110 valence electrons. The second kappa shape index (κ2) is 6.79. The lowest BCUT2D eigenvalue weighted by atomic mass is 10.2. The van der Waals surface area contributed by atoms with E-state index in [9.17, 15) is 4.79 Å². The van der Waals surface area contributed by atoms with Crippen molar-refractivity contribution in [2.45, 2.75) is 13.8 Å². The molecule has 0 fully saturated rings. The zero-order chi connectivity index (χ0) is 15.2. The van der Waals surface area contributed by atoms with Gasteiger partial charge in [0.05, 0.1) is 19.3 Å². The molecule has 4 heteroatoms. The molecule has 4 nitrogen and oxygen atoms in total. The summed E-state index contributed by atoms with van der Waals surface area (Å²) in [4.78, 5) is 12.0. The number of rotatable bonds is 5. The van der Waals surface area contributed by atoms with E-state index in [-0.39, 0.29) is 12.5 Å². The molecule has 0 spiro atoms. The summed E-state index contributed by atoms with van der Waals surface area (Å²) in [5, 5.41) is 5.95. The third-order valence-electron chi connectivity index (χ3n) is 3.13. The van der Waals surface area contributed by atoms with Gasteiger partial charge in [0.2, 0.25) is 5.91 Å². The molecule has 0 radical (unpaired) electrons. The first-order valence-electron chi connectivity index (χ1n) is 6.83. The monoisotopic (exact) mass is 284 g/mol. The van der Waals surface area contributed by atoms with E-state index in [1.54, 1.807) is 7.11 Å². The second-order valence-electron chi connectivity index (χ2n) is 4.97. The average Bonchev–Trinajstić information content (AvgIpc) is 2.47. The Hall–Kier alpha value is -2.49. The largest absolute Gasteiger partial charge is 0.495 e. The van der Waals surface area contributed by atoms with Gasteiger partial charge in [-0.05, 0) is 43.7 Å². The zero-order valence-electron chi connectivity index (χ0n) is 12.6. The average molecular weight is 284 g/mol. The smallest absolute Gasteiger partial charge is 0.243 e. The van der Waals surface area contributed by atoms with E-state index in [1.807, 2.05) is 56.3 Å². The third kappa shape index (κ3) is 4.24. The van der Waals surface area contributed by atoms with E-state index >= 15 is 0 Å². The van der Waals surface area contributed by atoms with E-state index in [0.29, 0.717) is 11.4 Å². The Labute approximate surface area is 125 Å². The molecule has 2 rings (SSSR count). The van der Waals surface area contributed by atoms with Crippen molar-refractivity contribution in [2.24, 2.45) is 0 Å². The van der Waals surface area contributed by atoms with Gasteiger partial charge in [0.25, 0.3) is 0 Å². The summed E-state index contributed by atoms with van der Waals surface area (Å²) in [5.74, 6) is 0.545. The number of nitrogens with one attached hydrogen (secondary N) is 2. The number of hydrogen-bond acceptors (Lipinski definition) is 3. The number of carbonyl (C=O) groups is 1. The Bertz CT molecular complexity index is 621. The highest BCUT2D eigenvalue weighted by atomic mass is 16.5. The molecular formula is C17H20N2O2. The van der Waals surface area contributed by atoms with E-state index in [1.165, 1.54) is 5.56 Å². The van der Waals surface area contributed by atoms with Crippen LogP contribution in [0.25, 0.3) is 0 Å². The SMILES string of the molecule is COc1ccc(C)cc1NC(=O)CNc1ccc(C)cc1. The Morgan fingerprint density at radius 2 is 1.71 bits per heavy atom. The number of aryl methyl sites for hydroxylation is 2. The number of benzene rings is 2. The van der Waals surface area contributed by atoms with Gasteiger partial charge in [-0.1, -0.05) is 23.8 Å². The maximum Gasteiger partial charge on any atom is 0.243 e. The van der Waals surface area contributed by atoms with Crippen molar-refractivity contribution in [2.75, 3.05) is 24.3 Å². The highest BCUT2D eigenvalue weighted by Gasteiger charge is 2.07. The Morgan fingerprint density at radius 1 is 1.05 bits per heavy atom. The van der Waals surface area contributed by atoms with Crippen molar-refractivity contribution in [3.63, 3.8) is 0 Å². The van der Waals surface area contributed by atoms with Crippen LogP contribution in [0.2, 0.25) is 0 Å². The Morgan fingerprint density at radius 3 is 2.38 bits per heavy atom. The highest BCUT2D eigenvalue weighted by Crippen LogP contribution is 2.25. The van der Waals surface area contributed by atoms with Gasteiger partial charge in [-0.3, -0.25) is 4.79 Å². The molecule has 0 atom stereocenters. The van der Waals surface area contributed by atoms with Gasteiger partial charge in [0.1, 0.15) is 5.75 Å². The molecule has 0 heterocycles. The molecule has 0 bridgehead atoms. The zero-order valence-corrected chi connectivity index (χ0v) is 12.6. The van der Waals surface area contributed by atoms with Gasteiger partial charge in [-0.15, -0.1) is 0 Å². The predicted molar refractivity (Wildman–Crippen MR) is 86.0 cm³/mol. The fraction of sp³-hybridized carbons (Fsp3) is 0.235. The number of methoxy groups -OCH3 is 1. The summed E-state index contributed by atoms with van der Waals surface area (Å²) in [6.07, 6.45) is 0. The van der Waals surface area contributed by atoms with E-state index < -0.39 is 0 Å². The number of anilines is 2. The van der Waals surface area contributed by atoms with Crippen LogP contribution in [0, 0.1) is 13.8 Å². The molecule has 0 aliphatic rings. The molecule has 0 aromatic heterocycles. The van der Waals surface area contributed by atoms with Crippen LogP contribution >= 0.6 is 0 Å². The highest BCUT2D eigenvalue weighted by molar-refractivity contribution is 5.95. The molecule has 0 aliphatic heterocycles. The van der Waals surface area contributed by atoms with Crippen LogP contribution in [0.4, 0.5) is 11.4 Å². The molecule has 1 amide bonds. The van der Waals surface area contributed by atoms with Crippen LogP contribution in [0.3, 0.4) is 0 Å². The lowest BCUT2D eigenvalue weighted by Crippen LogP contribution is -2.22. The quantitative estimate of drug-likeness (QED) is 0.885. The molecular weight excluding hydrogens is 264 g/mol. The summed E-state index contributed by atoms with van der Waals surface area (Å²) >= 11 is 0. The fourth-order valence-electron chi connectivity index (χ4n) is 1.97. The summed E-state index contributed by atoms with van der Waals surface area (Å²) in [5.41, 5.74) is 3.87. The normalized spacial score (nSPS) is 10.0. The van der Waals surface area contributed by atoms with E-state index in [0.717, 1.165) is 11.3 Å². The summed E-state index contributed by atoms with van der Waals surface area (Å²) in [7, 11) is 1.59. The molecule has 2 aromatic carbocycles. The minimum atomic E-state index is -0.112. The standard InChI is InChI=1S/C17H20N2O2/c1-12-4-7-14(8-5-12)18-11-17(20)19-15-10-13(2)6-9-16(15)21-3/h4-10,18H,11H2,1-3H3,(H,19,20). The number of ether oxygens (including phenoxy) is 1. The molecule has 2 aromatic rings. The maximum atomic E-state index is 12.0. The van der Waals surface area contributed by atoms with Crippen molar-refractivity contribution in [1.82, 2.24) is 0 Å². The predicted octanol–water partition coefficient (Wildman–Crippen LogP) is 3.36. The molecule has 0 aliphatic carbocycles. The van der Waals surface area contributed by atoms with Crippen molar-refractivity contribution >= 4 is 17.3 Å². The van der Waals surface area contributed by atoms with Crippen LogP contribution in [-0.4, -0.2) is 19.6 Å². The van der Waals surface area contributed by atoms with Gasteiger partial charge in [0.15, 0.2) is 0 Å². The van der Waals surface area contributed by atoms with Crippen molar-refractivity contribution in [3.8, 4) is 5.75 Å². The molecule has 0 saturated heterocycles. The fourth-order valence-corrected chi connectivity index (χ4v) is 1.97. The second-order valence-corrected chi connectivity index (χ2v) is 4.97. The third-order valence-corrected chi connectivity index (χ3v) is 3.13. The minimum absolute atomic E-state index is 0.112. The van der Waals surface area contributed by atoms with Gasteiger partial charge in [0, 0.05) is 5.69 Å². The topological polar surface area (TPSA) is 50.4 Å². The van der Waals surface area contributed by atoms with Crippen molar-refractivity contribution < 1.29 is 9.53 Å². The number of amides is 1. The van der Waals surface area contributed by atoms with Crippen LogP contribution in [0.15, 0.2) is 42.5 Å². The maximum absolute atomic E-state index is 12.0. The molecule has 21 heavy (non-hydrogen) atoms. The first kappa shape index (κ1) is 14.9. The van der Waals surface area contributed by atoms with E-state index in [2.05, 4.69) is 10.6 Å². The summed E-state index contributed by atoms with van der Waals surface area (Å²) < 4.78 is 5.24. The Balaban J connectivity index is 1.95. The van der Waals surface area contributed by atoms with Crippen molar-refractivity contribution in [3.05, 3.63) is 53.6 Å². The Kier molecular flexibility index (Phi) is 4.82. The molecule has 0 unspecified atom stereocenters. The van der Waals surface area contributed by atoms with Gasteiger partial charge < -0.3 is 15.4 Å². The lowest BCUT2D eigenvalue weighted by Gasteiger charge is -2.12. The minimum Gasteiger partial charge on any atom is -0.495 e. The van der Waals surface area contributed by atoms with Crippen molar-refractivity contribution in [1.29, 1.82) is 0 Å². The van der Waals surface area contributed by atoms with Gasteiger partial charge in [-0.2, -0.15) is 0 Å². The van der Waals surface area contributed by atoms with Crippen LogP contribution in [-0.2, 0) is 4.79 Å². The first-order chi connectivity index (χ1) is 10.1. The molecule has 2 N–H and O–H groups in total.